The van der Waals surface area contributed by atoms with Gasteiger partial charge >= 0.3 is 0 Å². The molecule has 0 aromatic heterocycles. The lowest BCUT2D eigenvalue weighted by atomic mass is 9.94. The molecule has 1 amide bonds. The number of nitriles is 1. The molecule has 2 aromatic carbocycles. The minimum Gasteiger partial charge on any atom is -0.490 e. The van der Waals surface area contributed by atoms with Crippen LogP contribution in [0.25, 0.3) is 0 Å². The molecule has 0 bridgehead atoms. The maximum atomic E-state index is 12.4. The van der Waals surface area contributed by atoms with Gasteiger partial charge < -0.3 is 10.1 Å². The van der Waals surface area contributed by atoms with E-state index in [0.29, 0.717) is 24.3 Å². The molecule has 25 heavy (non-hydrogen) atoms. The molecule has 0 radical (unpaired) electrons. The van der Waals surface area contributed by atoms with Crippen LogP contribution in [0, 0.1) is 11.3 Å². The number of carbonyl (C=O) groups excluding carboxylic acids is 1. The molecular formula is C21H22N2O2. The van der Waals surface area contributed by atoms with Gasteiger partial charge in [0.15, 0.2) is 0 Å². The second kappa shape index (κ2) is 8.70. The Morgan fingerprint density at radius 3 is 2.52 bits per heavy atom. The van der Waals surface area contributed by atoms with Gasteiger partial charge in [-0.05, 0) is 49.6 Å². The molecule has 0 heterocycles. The topological polar surface area (TPSA) is 62.1 Å². The normalized spacial score (nSPS) is 12.5. The molecule has 4 nitrogen and oxygen atoms in total. The van der Waals surface area contributed by atoms with E-state index in [2.05, 4.69) is 18.0 Å². The number of benzene rings is 2. The lowest BCUT2D eigenvalue weighted by Crippen LogP contribution is -2.45. The van der Waals surface area contributed by atoms with Gasteiger partial charge in [0, 0.05) is 5.56 Å². The van der Waals surface area contributed by atoms with Gasteiger partial charge in [0.25, 0.3) is 5.91 Å². The minimum absolute atomic E-state index is 0.271. The van der Waals surface area contributed by atoms with Gasteiger partial charge in [-0.1, -0.05) is 43.0 Å². The molecule has 0 aliphatic rings. The van der Waals surface area contributed by atoms with Crippen LogP contribution in [-0.4, -0.2) is 18.1 Å². The van der Waals surface area contributed by atoms with Gasteiger partial charge in [-0.15, -0.1) is 0 Å². The third-order valence-corrected chi connectivity index (χ3v) is 3.88. The van der Waals surface area contributed by atoms with Crippen LogP contribution >= 0.6 is 0 Å². The standard InChI is InChI=1S/C21H22N2O2/c1-3-15-25-19-11-9-18(10-12-19)20(24)23-21(2,16-22)14-13-17-7-5-4-6-8-17/h3-12H,1,13-15H2,2H3,(H,23,24). The summed E-state index contributed by atoms with van der Waals surface area (Å²) in [7, 11) is 0. The fraction of sp³-hybridized carbons (Fsp3) is 0.238. The zero-order valence-corrected chi connectivity index (χ0v) is 14.4. The summed E-state index contributed by atoms with van der Waals surface area (Å²) in [6.45, 7) is 5.75. The maximum absolute atomic E-state index is 12.4. The average molecular weight is 334 g/mol. The molecule has 1 atom stereocenters. The highest BCUT2D eigenvalue weighted by molar-refractivity contribution is 5.95. The van der Waals surface area contributed by atoms with E-state index < -0.39 is 5.54 Å². The molecule has 0 spiro atoms. The first-order chi connectivity index (χ1) is 12.1. The van der Waals surface area contributed by atoms with E-state index in [-0.39, 0.29) is 5.91 Å². The largest absolute Gasteiger partial charge is 0.490 e. The van der Waals surface area contributed by atoms with Crippen LogP contribution in [0.3, 0.4) is 0 Å². The third kappa shape index (κ3) is 5.50. The van der Waals surface area contributed by atoms with Crippen LogP contribution in [0.2, 0.25) is 0 Å². The Kier molecular flexibility index (Phi) is 6.36. The molecule has 0 aliphatic carbocycles. The van der Waals surface area contributed by atoms with Crippen molar-refractivity contribution in [3.05, 3.63) is 78.4 Å². The Balaban J connectivity index is 1.98. The highest BCUT2D eigenvalue weighted by atomic mass is 16.5. The van der Waals surface area contributed by atoms with Gasteiger partial charge in [0.05, 0.1) is 6.07 Å². The highest BCUT2D eigenvalue weighted by Crippen LogP contribution is 2.16. The second-order valence-electron chi connectivity index (χ2n) is 6.01. The molecule has 0 saturated carbocycles. The Morgan fingerprint density at radius 2 is 1.92 bits per heavy atom. The molecule has 0 saturated heterocycles. The number of hydrogen-bond acceptors (Lipinski definition) is 3. The number of hydrogen-bond donors (Lipinski definition) is 1. The van der Waals surface area contributed by atoms with Crippen molar-refractivity contribution in [2.24, 2.45) is 0 Å². The summed E-state index contributed by atoms with van der Waals surface area (Å²) in [6.07, 6.45) is 2.92. The van der Waals surface area contributed by atoms with Crippen molar-refractivity contribution in [1.82, 2.24) is 5.32 Å². The molecule has 2 rings (SSSR count). The van der Waals surface area contributed by atoms with Gasteiger partial charge in [-0.3, -0.25) is 4.79 Å². The summed E-state index contributed by atoms with van der Waals surface area (Å²) in [5.41, 5.74) is 0.708. The first kappa shape index (κ1) is 18.3. The van der Waals surface area contributed by atoms with Crippen LogP contribution < -0.4 is 10.1 Å². The summed E-state index contributed by atoms with van der Waals surface area (Å²) in [5.74, 6) is 0.399. The molecule has 4 heteroatoms. The third-order valence-electron chi connectivity index (χ3n) is 3.88. The molecule has 1 unspecified atom stereocenters. The van der Waals surface area contributed by atoms with E-state index in [1.165, 1.54) is 0 Å². The average Bonchev–Trinajstić information content (AvgIpc) is 2.66. The van der Waals surface area contributed by atoms with Crippen molar-refractivity contribution < 1.29 is 9.53 Å². The van der Waals surface area contributed by atoms with E-state index in [1.54, 1.807) is 37.3 Å². The van der Waals surface area contributed by atoms with E-state index in [9.17, 15) is 10.1 Å². The van der Waals surface area contributed by atoms with E-state index in [1.807, 2.05) is 30.3 Å². The molecule has 2 aromatic rings. The van der Waals surface area contributed by atoms with Crippen LogP contribution in [0.5, 0.6) is 5.75 Å². The molecule has 128 valence electrons. The van der Waals surface area contributed by atoms with Crippen molar-refractivity contribution in [2.75, 3.05) is 6.61 Å². The van der Waals surface area contributed by atoms with Crippen LogP contribution in [-0.2, 0) is 6.42 Å². The lowest BCUT2D eigenvalue weighted by molar-refractivity contribution is 0.0921. The number of amides is 1. The Bertz CT molecular complexity index is 748. The monoisotopic (exact) mass is 334 g/mol. The summed E-state index contributed by atoms with van der Waals surface area (Å²) < 4.78 is 5.40. The molecule has 1 N–H and O–H groups in total. The number of aryl methyl sites for hydroxylation is 1. The highest BCUT2D eigenvalue weighted by Gasteiger charge is 2.26. The van der Waals surface area contributed by atoms with E-state index in [4.69, 9.17) is 4.74 Å². The number of nitrogens with zero attached hydrogens (tertiary/aromatic N) is 1. The zero-order chi connectivity index (χ0) is 18.1. The van der Waals surface area contributed by atoms with E-state index >= 15 is 0 Å². The van der Waals surface area contributed by atoms with Crippen molar-refractivity contribution in [2.45, 2.75) is 25.3 Å². The number of carbonyl (C=O) groups is 1. The van der Waals surface area contributed by atoms with Gasteiger partial charge in [-0.25, -0.2) is 0 Å². The maximum Gasteiger partial charge on any atom is 0.252 e. The van der Waals surface area contributed by atoms with Crippen LogP contribution in [0.1, 0.15) is 29.3 Å². The number of nitrogens with one attached hydrogen (secondary N) is 1. The fourth-order valence-electron chi connectivity index (χ4n) is 2.37. The SMILES string of the molecule is C=CCOc1ccc(C(=O)NC(C)(C#N)CCc2ccccc2)cc1. The van der Waals surface area contributed by atoms with Gasteiger partial charge in [-0.2, -0.15) is 5.26 Å². The predicted molar refractivity (Wildman–Crippen MR) is 98.4 cm³/mol. The van der Waals surface area contributed by atoms with Crippen molar-refractivity contribution in [1.29, 1.82) is 5.26 Å². The van der Waals surface area contributed by atoms with Crippen molar-refractivity contribution >= 4 is 5.91 Å². The Labute approximate surface area is 148 Å². The number of rotatable bonds is 8. The predicted octanol–water partition coefficient (Wildman–Crippen LogP) is 3.90. The summed E-state index contributed by atoms with van der Waals surface area (Å²) >= 11 is 0. The van der Waals surface area contributed by atoms with Crippen molar-refractivity contribution in [3.63, 3.8) is 0 Å². The summed E-state index contributed by atoms with van der Waals surface area (Å²) in [5, 5.41) is 12.3. The quantitative estimate of drug-likeness (QED) is 0.745. The summed E-state index contributed by atoms with van der Waals surface area (Å²) in [4.78, 5) is 12.4. The fourth-order valence-corrected chi connectivity index (χ4v) is 2.37. The lowest BCUT2D eigenvalue weighted by Gasteiger charge is -2.23. The first-order valence-electron chi connectivity index (χ1n) is 8.18. The molecule has 0 aliphatic heterocycles. The van der Waals surface area contributed by atoms with Gasteiger partial charge in [0.2, 0.25) is 0 Å². The number of ether oxygens (including phenoxy) is 1. The smallest absolute Gasteiger partial charge is 0.252 e. The molecule has 0 fully saturated rings. The summed E-state index contributed by atoms with van der Waals surface area (Å²) in [6, 6.07) is 19.0. The van der Waals surface area contributed by atoms with Gasteiger partial charge in [0.1, 0.15) is 17.9 Å². The van der Waals surface area contributed by atoms with Crippen molar-refractivity contribution in [3.8, 4) is 11.8 Å². The van der Waals surface area contributed by atoms with Crippen LogP contribution in [0.4, 0.5) is 0 Å². The Morgan fingerprint density at radius 1 is 1.24 bits per heavy atom. The van der Waals surface area contributed by atoms with E-state index in [0.717, 1.165) is 12.0 Å². The second-order valence-corrected chi connectivity index (χ2v) is 6.01. The first-order valence-corrected chi connectivity index (χ1v) is 8.18. The zero-order valence-electron chi connectivity index (χ0n) is 14.4. The molecular weight excluding hydrogens is 312 g/mol. The minimum atomic E-state index is -0.926. The van der Waals surface area contributed by atoms with Crippen LogP contribution in [0.15, 0.2) is 67.3 Å². The Hall–Kier alpha value is -3.06.